The molecular weight excluding hydrogens is 408 g/mol. The van der Waals surface area contributed by atoms with E-state index >= 15 is 0 Å². The van der Waals surface area contributed by atoms with E-state index < -0.39 is 22.0 Å². The van der Waals surface area contributed by atoms with Crippen molar-refractivity contribution in [2.24, 2.45) is 0 Å². The van der Waals surface area contributed by atoms with Crippen LogP contribution in [0.5, 0.6) is 0 Å². The molecule has 150 valence electrons. The first-order valence-corrected chi connectivity index (χ1v) is 11.2. The average molecular weight is 429 g/mol. The number of carbonyl (C=O) groups excluding carboxylic acids is 1. The third-order valence-corrected chi connectivity index (χ3v) is 5.73. The molecule has 3 aromatic carbocycles. The van der Waals surface area contributed by atoms with Crippen molar-refractivity contribution in [2.45, 2.75) is 6.04 Å². The summed E-state index contributed by atoms with van der Waals surface area (Å²) < 4.78 is 25.7. The fourth-order valence-electron chi connectivity index (χ4n) is 3.02. The molecule has 0 saturated carbocycles. The standard InChI is InChI=1S/C22H21ClN2O3S/c1-29(27,28)25(20-14-8-13-19(23)15-20)16-21(26)24-22(17-9-4-2-5-10-17)18-11-6-3-7-12-18/h2-15,22H,16H2,1H3,(H,24,26). The molecule has 7 heteroatoms. The van der Waals surface area contributed by atoms with Gasteiger partial charge in [0.05, 0.1) is 18.0 Å². The molecule has 29 heavy (non-hydrogen) atoms. The molecule has 1 amide bonds. The number of hydrogen-bond acceptors (Lipinski definition) is 3. The van der Waals surface area contributed by atoms with Crippen LogP contribution in [-0.2, 0) is 14.8 Å². The van der Waals surface area contributed by atoms with Crippen molar-refractivity contribution in [3.63, 3.8) is 0 Å². The number of nitrogens with zero attached hydrogens (tertiary/aromatic N) is 1. The Labute approximate surface area is 176 Å². The van der Waals surface area contributed by atoms with Gasteiger partial charge in [-0.3, -0.25) is 9.10 Å². The van der Waals surface area contributed by atoms with Crippen LogP contribution < -0.4 is 9.62 Å². The molecule has 0 bridgehead atoms. The lowest BCUT2D eigenvalue weighted by Crippen LogP contribution is -2.41. The van der Waals surface area contributed by atoms with Gasteiger partial charge in [0.1, 0.15) is 6.54 Å². The molecule has 3 rings (SSSR count). The SMILES string of the molecule is CS(=O)(=O)N(CC(=O)NC(c1ccccc1)c1ccccc1)c1cccc(Cl)c1. The zero-order chi connectivity index (χ0) is 20.9. The van der Waals surface area contributed by atoms with Crippen molar-refractivity contribution in [1.82, 2.24) is 5.32 Å². The van der Waals surface area contributed by atoms with Gasteiger partial charge in [-0.25, -0.2) is 8.42 Å². The molecular formula is C22H21ClN2O3S. The second-order valence-electron chi connectivity index (χ2n) is 6.57. The van der Waals surface area contributed by atoms with Crippen LogP contribution in [0, 0.1) is 0 Å². The number of carbonyl (C=O) groups is 1. The van der Waals surface area contributed by atoms with Gasteiger partial charge in [0.15, 0.2) is 0 Å². The summed E-state index contributed by atoms with van der Waals surface area (Å²) >= 11 is 6.00. The van der Waals surface area contributed by atoms with Crippen molar-refractivity contribution >= 4 is 33.2 Å². The van der Waals surface area contributed by atoms with Crippen LogP contribution in [0.3, 0.4) is 0 Å². The summed E-state index contributed by atoms with van der Waals surface area (Å²) in [6.45, 7) is -0.352. The van der Waals surface area contributed by atoms with Crippen molar-refractivity contribution in [1.29, 1.82) is 0 Å². The summed E-state index contributed by atoms with van der Waals surface area (Å²) in [5.74, 6) is -0.423. The Hall–Kier alpha value is -2.83. The predicted molar refractivity (Wildman–Crippen MR) is 117 cm³/mol. The highest BCUT2D eigenvalue weighted by molar-refractivity contribution is 7.92. The average Bonchev–Trinajstić information content (AvgIpc) is 2.71. The minimum Gasteiger partial charge on any atom is -0.344 e. The monoisotopic (exact) mass is 428 g/mol. The van der Waals surface area contributed by atoms with Gasteiger partial charge in [0.2, 0.25) is 15.9 Å². The van der Waals surface area contributed by atoms with Gasteiger partial charge in [0.25, 0.3) is 0 Å². The summed E-state index contributed by atoms with van der Waals surface area (Å²) in [7, 11) is -3.68. The van der Waals surface area contributed by atoms with Crippen molar-refractivity contribution in [2.75, 3.05) is 17.1 Å². The zero-order valence-electron chi connectivity index (χ0n) is 15.8. The lowest BCUT2D eigenvalue weighted by atomic mass is 9.99. The van der Waals surface area contributed by atoms with Gasteiger partial charge >= 0.3 is 0 Å². The first kappa shape index (κ1) is 20.9. The summed E-state index contributed by atoms with van der Waals surface area (Å²) in [5.41, 5.74) is 2.15. The van der Waals surface area contributed by atoms with Gasteiger partial charge in [-0.05, 0) is 29.3 Å². The van der Waals surface area contributed by atoms with E-state index in [2.05, 4.69) is 5.32 Å². The van der Waals surface area contributed by atoms with Crippen LogP contribution in [0.1, 0.15) is 17.2 Å². The molecule has 0 aliphatic carbocycles. The van der Waals surface area contributed by atoms with Gasteiger partial charge in [-0.1, -0.05) is 78.3 Å². The molecule has 0 aliphatic heterocycles. The maximum Gasteiger partial charge on any atom is 0.241 e. The van der Waals surface area contributed by atoms with Gasteiger partial charge in [-0.15, -0.1) is 0 Å². The predicted octanol–water partition coefficient (Wildman–Crippen LogP) is 4.01. The molecule has 0 radical (unpaired) electrons. The van der Waals surface area contributed by atoms with Crippen molar-refractivity contribution < 1.29 is 13.2 Å². The van der Waals surface area contributed by atoms with Crippen LogP contribution in [0.2, 0.25) is 5.02 Å². The van der Waals surface area contributed by atoms with E-state index in [1.54, 1.807) is 18.2 Å². The summed E-state index contributed by atoms with van der Waals surface area (Å²) in [6.07, 6.45) is 1.06. The number of hydrogen-bond donors (Lipinski definition) is 1. The van der Waals surface area contributed by atoms with Crippen molar-refractivity contribution in [3.8, 4) is 0 Å². The van der Waals surface area contributed by atoms with Crippen LogP contribution in [0.15, 0.2) is 84.9 Å². The molecule has 0 spiro atoms. The number of rotatable bonds is 7. The first-order valence-electron chi connectivity index (χ1n) is 8.97. The summed E-state index contributed by atoms with van der Waals surface area (Å²) in [4.78, 5) is 12.9. The summed E-state index contributed by atoms with van der Waals surface area (Å²) in [6, 6.07) is 25.1. The second-order valence-corrected chi connectivity index (χ2v) is 8.91. The second kappa shape index (κ2) is 9.11. The van der Waals surface area contributed by atoms with Gasteiger partial charge in [0, 0.05) is 5.02 Å². The third kappa shape index (κ3) is 5.59. The highest BCUT2D eigenvalue weighted by atomic mass is 35.5. The first-order chi connectivity index (χ1) is 13.8. The lowest BCUT2D eigenvalue weighted by molar-refractivity contribution is -0.120. The highest BCUT2D eigenvalue weighted by Gasteiger charge is 2.23. The van der Waals surface area contributed by atoms with Crippen LogP contribution >= 0.6 is 11.6 Å². The quantitative estimate of drug-likeness (QED) is 0.618. The lowest BCUT2D eigenvalue weighted by Gasteiger charge is -2.25. The Balaban J connectivity index is 1.87. The van der Waals surface area contributed by atoms with Crippen LogP contribution in [0.25, 0.3) is 0 Å². The zero-order valence-corrected chi connectivity index (χ0v) is 17.4. The van der Waals surface area contributed by atoms with E-state index in [0.29, 0.717) is 10.7 Å². The molecule has 0 heterocycles. The molecule has 3 aromatic rings. The topological polar surface area (TPSA) is 66.5 Å². The van der Waals surface area contributed by atoms with E-state index in [9.17, 15) is 13.2 Å². The van der Waals surface area contributed by atoms with E-state index in [1.807, 2.05) is 60.7 Å². The fraction of sp³-hybridized carbons (Fsp3) is 0.136. The number of amides is 1. The van der Waals surface area contributed by atoms with Crippen LogP contribution in [-0.4, -0.2) is 27.1 Å². The molecule has 0 aliphatic rings. The fourth-order valence-corrected chi connectivity index (χ4v) is 4.05. The normalized spacial score (nSPS) is 11.3. The van der Waals surface area contributed by atoms with E-state index in [-0.39, 0.29) is 6.54 Å². The number of anilines is 1. The molecule has 0 saturated heterocycles. The molecule has 0 unspecified atom stereocenters. The maximum absolute atomic E-state index is 12.9. The minimum absolute atomic E-state index is 0.339. The highest BCUT2D eigenvalue weighted by Crippen LogP contribution is 2.24. The Morgan fingerprint density at radius 2 is 1.48 bits per heavy atom. The largest absolute Gasteiger partial charge is 0.344 e. The van der Waals surface area contributed by atoms with Gasteiger partial charge in [-0.2, -0.15) is 0 Å². The molecule has 0 atom stereocenters. The maximum atomic E-state index is 12.9. The Morgan fingerprint density at radius 3 is 1.97 bits per heavy atom. The van der Waals surface area contributed by atoms with E-state index in [0.717, 1.165) is 21.7 Å². The smallest absolute Gasteiger partial charge is 0.241 e. The van der Waals surface area contributed by atoms with Crippen molar-refractivity contribution in [3.05, 3.63) is 101 Å². The Bertz CT molecular complexity index is 1030. The van der Waals surface area contributed by atoms with E-state index in [1.165, 1.54) is 6.07 Å². The van der Waals surface area contributed by atoms with Gasteiger partial charge < -0.3 is 5.32 Å². The number of nitrogens with one attached hydrogen (secondary N) is 1. The molecule has 0 fully saturated rings. The number of benzene rings is 3. The molecule has 0 aromatic heterocycles. The van der Waals surface area contributed by atoms with E-state index in [4.69, 9.17) is 11.6 Å². The minimum atomic E-state index is -3.68. The Morgan fingerprint density at radius 1 is 0.931 bits per heavy atom. The number of sulfonamides is 1. The summed E-state index contributed by atoms with van der Waals surface area (Å²) in [5, 5.41) is 3.35. The van der Waals surface area contributed by atoms with Crippen LogP contribution in [0.4, 0.5) is 5.69 Å². The third-order valence-electron chi connectivity index (χ3n) is 4.35. The number of halogens is 1. The Kier molecular flexibility index (Phi) is 6.56. The molecule has 1 N–H and O–H groups in total. The molecule has 5 nitrogen and oxygen atoms in total.